The number of benzene rings is 2. The quantitative estimate of drug-likeness (QED) is 0.471. The van der Waals surface area contributed by atoms with Gasteiger partial charge < -0.3 is 19.6 Å². The summed E-state index contributed by atoms with van der Waals surface area (Å²) in [6.07, 6.45) is 1.41. The molecule has 8 nitrogen and oxygen atoms in total. The summed E-state index contributed by atoms with van der Waals surface area (Å²) in [5.41, 5.74) is 3.91. The standard InChI is InChI=1S/C20H22N4O4/c1-28-18-5-3-2-4-17(18)23-10-12-24(13-11-23)20(27)19(26)22-21-14-15-6-8-16(25)9-7-15/h2-9,14,25H,10-13H2,1H3,(H,22,26)/b21-14-. The second-order valence-corrected chi connectivity index (χ2v) is 6.24. The van der Waals surface area contributed by atoms with Gasteiger partial charge in [-0.2, -0.15) is 5.10 Å². The van der Waals surface area contributed by atoms with Gasteiger partial charge in [0, 0.05) is 26.2 Å². The van der Waals surface area contributed by atoms with Crippen LogP contribution in [0.1, 0.15) is 5.56 Å². The van der Waals surface area contributed by atoms with Crippen molar-refractivity contribution in [3.8, 4) is 11.5 Å². The third-order valence-electron chi connectivity index (χ3n) is 4.46. The van der Waals surface area contributed by atoms with Gasteiger partial charge in [-0.1, -0.05) is 12.1 Å². The number of nitrogens with zero attached hydrogens (tertiary/aromatic N) is 3. The molecule has 0 unspecified atom stereocenters. The van der Waals surface area contributed by atoms with Crippen molar-refractivity contribution < 1.29 is 19.4 Å². The average molecular weight is 382 g/mol. The Balaban J connectivity index is 1.51. The van der Waals surface area contributed by atoms with Crippen molar-refractivity contribution in [1.82, 2.24) is 10.3 Å². The molecule has 0 aromatic heterocycles. The van der Waals surface area contributed by atoms with E-state index in [4.69, 9.17) is 4.74 Å². The third kappa shape index (κ3) is 4.59. The van der Waals surface area contributed by atoms with Gasteiger partial charge in [0.1, 0.15) is 11.5 Å². The van der Waals surface area contributed by atoms with E-state index in [2.05, 4.69) is 15.4 Å². The van der Waals surface area contributed by atoms with Crippen LogP contribution in [0, 0.1) is 0 Å². The number of aromatic hydroxyl groups is 1. The monoisotopic (exact) mass is 382 g/mol. The minimum atomic E-state index is -0.777. The zero-order chi connectivity index (χ0) is 19.9. The molecule has 28 heavy (non-hydrogen) atoms. The lowest BCUT2D eigenvalue weighted by Crippen LogP contribution is -2.52. The van der Waals surface area contributed by atoms with Gasteiger partial charge >= 0.3 is 11.8 Å². The van der Waals surface area contributed by atoms with E-state index < -0.39 is 11.8 Å². The topological polar surface area (TPSA) is 94.5 Å². The van der Waals surface area contributed by atoms with E-state index in [1.807, 2.05) is 24.3 Å². The lowest BCUT2D eigenvalue weighted by Gasteiger charge is -2.36. The van der Waals surface area contributed by atoms with Crippen LogP contribution in [0.4, 0.5) is 5.69 Å². The number of piperazine rings is 1. The van der Waals surface area contributed by atoms with E-state index in [9.17, 15) is 14.7 Å². The maximum absolute atomic E-state index is 12.3. The van der Waals surface area contributed by atoms with Gasteiger partial charge in [0.2, 0.25) is 0 Å². The van der Waals surface area contributed by atoms with Gasteiger partial charge in [-0.05, 0) is 42.0 Å². The molecule has 8 heteroatoms. The number of anilines is 1. The number of nitrogens with one attached hydrogen (secondary N) is 1. The first-order valence-corrected chi connectivity index (χ1v) is 8.88. The predicted octanol–water partition coefficient (Wildman–Crippen LogP) is 1.20. The maximum atomic E-state index is 12.3. The molecule has 0 aliphatic carbocycles. The highest BCUT2D eigenvalue weighted by Gasteiger charge is 2.26. The molecule has 1 heterocycles. The van der Waals surface area contributed by atoms with E-state index >= 15 is 0 Å². The number of amides is 2. The molecule has 2 N–H and O–H groups in total. The van der Waals surface area contributed by atoms with Crippen molar-refractivity contribution >= 4 is 23.7 Å². The Labute approximate surface area is 163 Å². The van der Waals surface area contributed by atoms with Crippen molar-refractivity contribution in [2.24, 2.45) is 5.10 Å². The molecule has 2 aromatic carbocycles. The second kappa shape index (κ2) is 8.90. The fourth-order valence-electron chi connectivity index (χ4n) is 2.96. The minimum absolute atomic E-state index is 0.142. The van der Waals surface area contributed by atoms with E-state index in [0.717, 1.165) is 11.4 Å². The van der Waals surface area contributed by atoms with Crippen LogP contribution in [-0.4, -0.2) is 61.3 Å². The van der Waals surface area contributed by atoms with Crippen LogP contribution >= 0.6 is 0 Å². The Kier molecular flexibility index (Phi) is 6.11. The smallest absolute Gasteiger partial charge is 0.329 e. The SMILES string of the molecule is COc1ccccc1N1CCN(C(=O)C(=O)N/N=C\c2ccc(O)cc2)CC1. The molecule has 1 saturated heterocycles. The highest BCUT2D eigenvalue weighted by Crippen LogP contribution is 2.28. The number of para-hydroxylation sites is 2. The van der Waals surface area contributed by atoms with E-state index in [1.54, 1.807) is 19.2 Å². The van der Waals surface area contributed by atoms with Gasteiger partial charge in [-0.25, -0.2) is 5.43 Å². The fraction of sp³-hybridized carbons (Fsp3) is 0.250. The molecule has 2 aromatic rings. The molecular weight excluding hydrogens is 360 g/mol. The molecule has 146 valence electrons. The number of ether oxygens (including phenoxy) is 1. The molecule has 1 aliphatic heterocycles. The summed E-state index contributed by atoms with van der Waals surface area (Å²) in [4.78, 5) is 28.0. The van der Waals surface area contributed by atoms with Crippen LogP contribution in [0.25, 0.3) is 0 Å². The summed E-state index contributed by atoms with van der Waals surface area (Å²) in [5.74, 6) is -0.462. The van der Waals surface area contributed by atoms with Gasteiger partial charge in [-0.3, -0.25) is 9.59 Å². The molecular formula is C20H22N4O4. The third-order valence-corrected chi connectivity index (χ3v) is 4.46. The number of hydrogen-bond donors (Lipinski definition) is 2. The first kappa shape index (κ1) is 19.2. The molecule has 0 bridgehead atoms. The molecule has 0 radical (unpaired) electrons. The number of hydrazone groups is 1. The zero-order valence-electron chi connectivity index (χ0n) is 15.5. The van der Waals surface area contributed by atoms with Crippen molar-refractivity contribution in [3.63, 3.8) is 0 Å². The highest BCUT2D eigenvalue weighted by atomic mass is 16.5. The Morgan fingerprint density at radius 3 is 2.43 bits per heavy atom. The highest BCUT2D eigenvalue weighted by molar-refractivity contribution is 6.35. The molecule has 0 atom stereocenters. The number of hydrogen-bond acceptors (Lipinski definition) is 6. The summed E-state index contributed by atoms with van der Waals surface area (Å²) in [5, 5.41) is 13.0. The van der Waals surface area contributed by atoms with E-state index in [1.165, 1.54) is 23.2 Å². The number of methoxy groups -OCH3 is 1. The Morgan fingerprint density at radius 2 is 1.75 bits per heavy atom. The first-order chi connectivity index (χ1) is 13.6. The number of carbonyl (C=O) groups is 2. The number of phenolic OH excluding ortho intramolecular Hbond substituents is 1. The minimum Gasteiger partial charge on any atom is -0.508 e. The van der Waals surface area contributed by atoms with Crippen LogP contribution in [-0.2, 0) is 9.59 Å². The maximum Gasteiger partial charge on any atom is 0.329 e. The van der Waals surface area contributed by atoms with Gasteiger partial charge in [0.05, 0.1) is 19.0 Å². The zero-order valence-corrected chi connectivity index (χ0v) is 15.5. The Morgan fingerprint density at radius 1 is 1.07 bits per heavy atom. The average Bonchev–Trinajstić information content (AvgIpc) is 2.74. The van der Waals surface area contributed by atoms with E-state index in [-0.39, 0.29) is 5.75 Å². The normalized spacial score (nSPS) is 14.2. The molecule has 2 amide bonds. The summed E-state index contributed by atoms with van der Waals surface area (Å²) >= 11 is 0. The second-order valence-electron chi connectivity index (χ2n) is 6.24. The van der Waals surface area contributed by atoms with Crippen LogP contribution in [0.3, 0.4) is 0 Å². The summed E-state index contributed by atoms with van der Waals surface area (Å²) in [6.45, 7) is 2.09. The molecule has 3 rings (SSSR count). The van der Waals surface area contributed by atoms with Crippen molar-refractivity contribution in [2.75, 3.05) is 38.2 Å². The van der Waals surface area contributed by atoms with Crippen molar-refractivity contribution in [2.45, 2.75) is 0 Å². The van der Waals surface area contributed by atoms with Crippen molar-refractivity contribution in [3.05, 3.63) is 54.1 Å². The molecule has 0 saturated carbocycles. The number of carbonyl (C=O) groups excluding carboxylic acids is 2. The number of rotatable bonds is 4. The van der Waals surface area contributed by atoms with Crippen LogP contribution < -0.4 is 15.1 Å². The first-order valence-electron chi connectivity index (χ1n) is 8.88. The van der Waals surface area contributed by atoms with Crippen LogP contribution in [0.15, 0.2) is 53.6 Å². The Hall–Kier alpha value is -3.55. The van der Waals surface area contributed by atoms with Gasteiger partial charge in [-0.15, -0.1) is 0 Å². The van der Waals surface area contributed by atoms with E-state index in [0.29, 0.717) is 31.7 Å². The molecule has 1 fully saturated rings. The largest absolute Gasteiger partial charge is 0.508 e. The Bertz CT molecular complexity index is 859. The summed E-state index contributed by atoms with van der Waals surface area (Å²) in [7, 11) is 1.63. The molecule has 0 spiro atoms. The lowest BCUT2D eigenvalue weighted by atomic mass is 10.2. The van der Waals surface area contributed by atoms with Crippen LogP contribution in [0.5, 0.6) is 11.5 Å². The summed E-state index contributed by atoms with van der Waals surface area (Å²) < 4.78 is 5.38. The summed E-state index contributed by atoms with van der Waals surface area (Å²) in [6, 6.07) is 14.0. The molecule has 1 aliphatic rings. The fourth-order valence-corrected chi connectivity index (χ4v) is 2.96. The lowest BCUT2D eigenvalue weighted by molar-refractivity contribution is -0.146. The number of phenols is 1. The van der Waals surface area contributed by atoms with Crippen molar-refractivity contribution in [1.29, 1.82) is 0 Å². The van der Waals surface area contributed by atoms with Crippen LogP contribution in [0.2, 0.25) is 0 Å². The van der Waals surface area contributed by atoms with Gasteiger partial charge in [0.25, 0.3) is 0 Å². The van der Waals surface area contributed by atoms with Gasteiger partial charge in [0.15, 0.2) is 0 Å². The predicted molar refractivity (Wildman–Crippen MR) is 106 cm³/mol.